The van der Waals surface area contributed by atoms with Crippen LogP contribution >= 0.6 is 0 Å². The molecule has 9 rings (SSSR count). The molecule has 1 aliphatic carbocycles. The van der Waals surface area contributed by atoms with Crippen molar-refractivity contribution >= 4 is 27.8 Å². The molecule has 50 heavy (non-hydrogen) atoms. The molecule has 8 aromatic carbocycles. The van der Waals surface area contributed by atoms with Crippen LogP contribution in [0.25, 0.3) is 55.3 Å². The molecule has 0 amide bonds. The Morgan fingerprint density at radius 1 is 0.320 bits per heavy atom. The van der Waals surface area contributed by atoms with Gasteiger partial charge in [-0.3, -0.25) is 0 Å². The lowest BCUT2D eigenvalue weighted by Crippen LogP contribution is -2.14. The molecule has 1 aliphatic rings. The molecule has 0 aromatic heterocycles. The molecule has 0 fully saturated rings. The van der Waals surface area contributed by atoms with Crippen molar-refractivity contribution in [3.05, 3.63) is 199 Å². The highest BCUT2D eigenvalue weighted by atomic mass is 15.1. The van der Waals surface area contributed by atoms with E-state index < -0.39 is 0 Å². The van der Waals surface area contributed by atoms with Crippen LogP contribution in [0, 0.1) is 0 Å². The van der Waals surface area contributed by atoms with Crippen molar-refractivity contribution in [3.63, 3.8) is 0 Å². The summed E-state index contributed by atoms with van der Waals surface area (Å²) in [6.07, 6.45) is 0. The van der Waals surface area contributed by atoms with E-state index in [0.717, 1.165) is 17.1 Å². The maximum absolute atomic E-state index is 2.40. The third-order valence-corrected chi connectivity index (χ3v) is 10.5. The number of benzene rings is 8. The number of fused-ring (bicyclic) bond motifs is 4. The molecule has 1 nitrogen and oxygen atoms in total. The van der Waals surface area contributed by atoms with Crippen molar-refractivity contribution in [1.29, 1.82) is 0 Å². The van der Waals surface area contributed by atoms with Gasteiger partial charge < -0.3 is 4.90 Å². The quantitative estimate of drug-likeness (QED) is 0.175. The molecule has 0 aliphatic heterocycles. The van der Waals surface area contributed by atoms with Crippen LogP contribution in [0.4, 0.5) is 17.1 Å². The number of anilines is 3. The van der Waals surface area contributed by atoms with E-state index in [2.05, 4.69) is 207 Å². The average molecular weight is 640 g/mol. The van der Waals surface area contributed by atoms with Gasteiger partial charge in [0.25, 0.3) is 0 Å². The molecular formula is C49H37N. The van der Waals surface area contributed by atoms with Crippen molar-refractivity contribution in [2.45, 2.75) is 19.3 Å². The summed E-state index contributed by atoms with van der Waals surface area (Å²) in [7, 11) is 0. The zero-order valence-corrected chi connectivity index (χ0v) is 28.3. The average Bonchev–Trinajstić information content (AvgIpc) is 3.40. The Morgan fingerprint density at radius 3 is 1.20 bits per heavy atom. The van der Waals surface area contributed by atoms with Crippen molar-refractivity contribution in [2.75, 3.05) is 4.90 Å². The normalized spacial score (nSPS) is 12.8. The second-order valence-electron chi connectivity index (χ2n) is 13.8. The Labute approximate surface area is 294 Å². The zero-order chi connectivity index (χ0) is 33.7. The highest BCUT2D eigenvalue weighted by Crippen LogP contribution is 2.51. The highest BCUT2D eigenvalue weighted by molar-refractivity contribution is 5.94. The lowest BCUT2D eigenvalue weighted by Gasteiger charge is -2.26. The minimum absolute atomic E-state index is 0.0380. The predicted molar refractivity (Wildman–Crippen MR) is 213 cm³/mol. The van der Waals surface area contributed by atoms with Crippen LogP contribution in [0.3, 0.4) is 0 Å². The van der Waals surface area contributed by atoms with Crippen molar-refractivity contribution in [1.82, 2.24) is 0 Å². The van der Waals surface area contributed by atoms with Gasteiger partial charge in [0.2, 0.25) is 0 Å². The van der Waals surface area contributed by atoms with E-state index in [4.69, 9.17) is 0 Å². The number of hydrogen-bond donors (Lipinski definition) is 0. The number of nitrogens with zero attached hydrogens (tertiary/aromatic N) is 1. The van der Waals surface area contributed by atoms with Crippen molar-refractivity contribution in [3.8, 4) is 44.5 Å². The van der Waals surface area contributed by atoms with Crippen LogP contribution in [-0.2, 0) is 5.41 Å². The number of rotatable bonds is 6. The second kappa shape index (κ2) is 12.1. The van der Waals surface area contributed by atoms with E-state index in [1.807, 2.05) is 0 Å². The smallest absolute Gasteiger partial charge is 0.0462 e. The first-order chi connectivity index (χ1) is 24.5. The third-order valence-electron chi connectivity index (χ3n) is 10.5. The summed E-state index contributed by atoms with van der Waals surface area (Å²) in [6.45, 7) is 4.71. The topological polar surface area (TPSA) is 3.24 Å². The Bertz CT molecular complexity index is 2370. The second-order valence-corrected chi connectivity index (χ2v) is 13.8. The van der Waals surface area contributed by atoms with Gasteiger partial charge in [-0.2, -0.15) is 0 Å². The van der Waals surface area contributed by atoms with Gasteiger partial charge in [0.15, 0.2) is 0 Å². The molecule has 0 heterocycles. The minimum Gasteiger partial charge on any atom is -0.311 e. The van der Waals surface area contributed by atoms with Crippen LogP contribution in [-0.4, -0.2) is 0 Å². The first kappa shape index (κ1) is 29.9. The summed E-state index contributed by atoms with van der Waals surface area (Å²) >= 11 is 0. The van der Waals surface area contributed by atoms with Crippen LogP contribution < -0.4 is 4.90 Å². The Hall–Kier alpha value is -6.18. The van der Waals surface area contributed by atoms with Crippen LogP contribution in [0.15, 0.2) is 188 Å². The molecular weight excluding hydrogens is 603 g/mol. The van der Waals surface area contributed by atoms with E-state index in [1.165, 1.54) is 66.4 Å². The Balaban J connectivity index is 1.09. The lowest BCUT2D eigenvalue weighted by atomic mass is 9.81. The van der Waals surface area contributed by atoms with Crippen LogP contribution in [0.2, 0.25) is 0 Å². The Kier molecular flexibility index (Phi) is 7.21. The highest BCUT2D eigenvalue weighted by Gasteiger charge is 2.35. The molecule has 0 spiro atoms. The van der Waals surface area contributed by atoms with Gasteiger partial charge in [0.1, 0.15) is 0 Å². The lowest BCUT2D eigenvalue weighted by molar-refractivity contribution is 0.661. The molecule has 0 saturated carbocycles. The molecule has 1 heteroatoms. The van der Waals surface area contributed by atoms with E-state index >= 15 is 0 Å². The van der Waals surface area contributed by atoms with E-state index in [1.54, 1.807) is 0 Å². The van der Waals surface area contributed by atoms with Gasteiger partial charge in [-0.25, -0.2) is 0 Å². The van der Waals surface area contributed by atoms with E-state index in [0.29, 0.717) is 0 Å². The summed E-state index contributed by atoms with van der Waals surface area (Å²) in [5, 5.41) is 2.59. The SMILES string of the molecule is CC1(C)c2ccc(-c3ccc(N(c4ccc(-c5ccccc5)cc4)c4ccc(-c5ccccc5)cc4)cc3)cc2-c2cc3ccccc3cc21. The maximum atomic E-state index is 2.40. The van der Waals surface area contributed by atoms with Gasteiger partial charge in [0.05, 0.1) is 0 Å². The molecule has 8 aromatic rings. The monoisotopic (exact) mass is 639 g/mol. The van der Waals surface area contributed by atoms with Gasteiger partial charge in [-0.1, -0.05) is 147 Å². The minimum atomic E-state index is -0.0380. The fourth-order valence-electron chi connectivity index (χ4n) is 7.73. The third kappa shape index (κ3) is 5.19. The van der Waals surface area contributed by atoms with Crippen LogP contribution in [0.5, 0.6) is 0 Å². The summed E-state index contributed by atoms with van der Waals surface area (Å²) in [5.41, 5.74) is 16.1. The van der Waals surface area contributed by atoms with Gasteiger partial charge in [0, 0.05) is 22.5 Å². The summed E-state index contributed by atoms with van der Waals surface area (Å²) in [4.78, 5) is 2.35. The van der Waals surface area contributed by atoms with Crippen LogP contribution in [0.1, 0.15) is 25.0 Å². The van der Waals surface area contributed by atoms with Gasteiger partial charge in [-0.15, -0.1) is 0 Å². The Morgan fingerprint density at radius 2 is 0.700 bits per heavy atom. The molecule has 0 saturated heterocycles. The molecule has 0 bridgehead atoms. The fourth-order valence-corrected chi connectivity index (χ4v) is 7.73. The molecule has 0 unspecified atom stereocenters. The standard InChI is InChI=1S/C49H37N/c1-49(2)47-30-23-41(32-45(47)46-31-39-15-9-10-16-40(39)33-48(46)49)38-21-28-44(29-22-38)50(42-24-17-36(18-25-42)34-11-5-3-6-12-34)43-26-19-37(20-27-43)35-13-7-4-8-14-35/h3-33H,1-2H3. The summed E-state index contributed by atoms with van der Waals surface area (Å²) in [5.74, 6) is 0. The molecule has 238 valence electrons. The molecule has 0 radical (unpaired) electrons. The molecule has 0 N–H and O–H groups in total. The summed E-state index contributed by atoms with van der Waals surface area (Å²) < 4.78 is 0. The summed E-state index contributed by atoms with van der Waals surface area (Å²) in [6, 6.07) is 68.5. The van der Waals surface area contributed by atoms with Crippen molar-refractivity contribution in [2.24, 2.45) is 0 Å². The predicted octanol–water partition coefficient (Wildman–Crippen LogP) is 13.6. The first-order valence-electron chi connectivity index (χ1n) is 17.4. The van der Waals surface area contributed by atoms with E-state index in [9.17, 15) is 0 Å². The number of hydrogen-bond acceptors (Lipinski definition) is 1. The first-order valence-corrected chi connectivity index (χ1v) is 17.4. The maximum Gasteiger partial charge on any atom is 0.0462 e. The molecule has 0 atom stereocenters. The largest absolute Gasteiger partial charge is 0.311 e. The van der Waals surface area contributed by atoms with Gasteiger partial charge in [-0.05, 0) is 121 Å². The fraction of sp³-hybridized carbons (Fsp3) is 0.0612. The van der Waals surface area contributed by atoms with E-state index in [-0.39, 0.29) is 5.41 Å². The van der Waals surface area contributed by atoms with Gasteiger partial charge >= 0.3 is 0 Å². The van der Waals surface area contributed by atoms with Crippen molar-refractivity contribution < 1.29 is 0 Å². The zero-order valence-electron chi connectivity index (χ0n) is 28.3.